The number of carbonyl (C=O) groups excluding carboxylic acids is 2. The molecule has 3 nitrogen and oxygen atoms in total. The summed E-state index contributed by atoms with van der Waals surface area (Å²) in [5.74, 6) is 2.61. The lowest BCUT2D eigenvalue weighted by atomic mass is 9.48. The van der Waals surface area contributed by atoms with Crippen molar-refractivity contribution < 1.29 is 14.3 Å². The highest BCUT2D eigenvalue weighted by atomic mass is 16.6. The van der Waals surface area contributed by atoms with Crippen LogP contribution in [0, 0.1) is 40.4 Å². The fourth-order valence-corrected chi connectivity index (χ4v) is 7.37. The van der Waals surface area contributed by atoms with Gasteiger partial charge in [-0.2, -0.15) is 0 Å². The highest BCUT2D eigenvalue weighted by Gasteiger charge is 2.66. The molecule has 5 rings (SSSR count). The fraction of sp³-hybridized carbons (Fsp3) is 0.727. The zero-order valence-corrected chi connectivity index (χ0v) is 15.4. The van der Waals surface area contributed by atoms with Crippen molar-refractivity contribution in [3.05, 3.63) is 23.8 Å². The van der Waals surface area contributed by atoms with Gasteiger partial charge < -0.3 is 9.53 Å². The topological polar surface area (TPSA) is 46.7 Å². The van der Waals surface area contributed by atoms with Crippen LogP contribution in [0.1, 0.15) is 46.5 Å². The quantitative estimate of drug-likeness (QED) is 0.568. The average molecular weight is 340 g/mol. The molecule has 0 N–H and O–H groups in total. The number of ketones is 1. The molecular weight excluding hydrogens is 312 g/mol. The molecule has 5 aliphatic rings. The lowest BCUT2D eigenvalue weighted by Gasteiger charge is -2.55. The Morgan fingerprint density at radius 2 is 2.04 bits per heavy atom. The summed E-state index contributed by atoms with van der Waals surface area (Å²) in [5, 5.41) is 0. The van der Waals surface area contributed by atoms with Crippen molar-refractivity contribution in [3.8, 4) is 0 Å². The number of hydrogen-bond acceptors (Lipinski definition) is 3. The molecule has 3 heteroatoms. The van der Waals surface area contributed by atoms with E-state index >= 15 is 0 Å². The van der Waals surface area contributed by atoms with Gasteiger partial charge in [-0.3, -0.25) is 4.79 Å². The Morgan fingerprint density at radius 3 is 2.80 bits per heavy atom. The maximum atomic E-state index is 12.1. The summed E-state index contributed by atoms with van der Waals surface area (Å²) < 4.78 is 5.84. The van der Waals surface area contributed by atoms with Gasteiger partial charge in [0, 0.05) is 11.3 Å². The second-order valence-corrected chi connectivity index (χ2v) is 9.64. The number of carbonyl (C=O) groups is 2. The molecule has 2 saturated carbocycles. The van der Waals surface area contributed by atoms with Crippen molar-refractivity contribution in [2.24, 2.45) is 40.4 Å². The van der Waals surface area contributed by atoms with Crippen LogP contribution in [-0.4, -0.2) is 24.3 Å². The van der Waals surface area contributed by atoms with Gasteiger partial charge >= 0.3 is 0 Å². The molecule has 9 atom stereocenters. The zero-order valence-electron chi connectivity index (χ0n) is 15.4. The lowest BCUT2D eigenvalue weighted by molar-refractivity contribution is -0.116. The van der Waals surface area contributed by atoms with Crippen LogP contribution in [0.4, 0.5) is 0 Å². The number of rotatable bonds is 2. The van der Waals surface area contributed by atoms with Gasteiger partial charge in [-0.15, -0.1) is 0 Å². The third-order valence-electron chi connectivity index (χ3n) is 8.81. The number of fused-ring (bicyclic) bond motifs is 7. The van der Waals surface area contributed by atoms with E-state index in [9.17, 15) is 9.59 Å². The van der Waals surface area contributed by atoms with Crippen molar-refractivity contribution in [2.75, 3.05) is 0 Å². The largest absolute Gasteiger partial charge is 0.360 e. The molecule has 4 aliphatic carbocycles. The fourth-order valence-electron chi connectivity index (χ4n) is 7.37. The Bertz CT molecular complexity index is 706. The van der Waals surface area contributed by atoms with Gasteiger partial charge in [0.2, 0.25) is 0 Å². The van der Waals surface area contributed by atoms with Crippen LogP contribution >= 0.6 is 0 Å². The first-order chi connectivity index (χ1) is 11.9. The minimum absolute atomic E-state index is 0.00626. The second kappa shape index (κ2) is 4.94. The van der Waals surface area contributed by atoms with E-state index in [1.165, 1.54) is 37.5 Å². The van der Waals surface area contributed by atoms with Gasteiger partial charge in [-0.05, 0) is 66.4 Å². The summed E-state index contributed by atoms with van der Waals surface area (Å²) >= 11 is 0. The van der Waals surface area contributed by atoms with E-state index in [0.29, 0.717) is 23.7 Å². The highest BCUT2D eigenvalue weighted by molar-refractivity contribution is 5.98. The molecule has 1 aliphatic heterocycles. The lowest BCUT2D eigenvalue weighted by Crippen LogP contribution is -2.51. The third kappa shape index (κ3) is 1.86. The molecule has 25 heavy (non-hydrogen) atoms. The Balaban J connectivity index is 1.53. The van der Waals surface area contributed by atoms with Gasteiger partial charge in [0.15, 0.2) is 5.78 Å². The minimum Gasteiger partial charge on any atom is -0.360 e. The summed E-state index contributed by atoms with van der Waals surface area (Å²) in [6.45, 7) is 6.87. The van der Waals surface area contributed by atoms with E-state index < -0.39 is 0 Å². The maximum Gasteiger partial charge on any atom is 0.187 e. The van der Waals surface area contributed by atoms with E-state index in [-0.39, 0.29) is 34.7 Å². The van der Waals surface area contributed by atoms with Crippen molar-refractivity contribution in [3.63, 3.8) is 0 Å². The molecule has 0 amide bonds. The highest BCUT2D eigenvalue weighted by Crippen LogP contribution is 2.67. The first-order valence-corrected chi connectivity index (χ1v) is 9.96. The minimum atomic E-state index is -0.180. The van der Waals surface area contributed by atoms with E-state index in [0.717, 1.165) is 0 Å². The van der Waals surface area contributed by atoms with Gasteiger partial charge in [-0.1, -0.05) is 32.9 Å². The van der Waals surface area contributed by atoms with Crippen LogP contribution in [0.3, 0.4) is 0 Å². The van der Waals surface area contributed by atoms with E-state index in [2.05, 4.69) is 32.9 Å². The molecule has 134 valence electrons. The van der Waals surface area contributed by atoms with Gasteiger partial charge in [-0.25, -0.2) is 0 Å². The Kier molecular flexibility index (Phi) is 3.16. The average Bonchev–Trinajstić information content (AvgIpc) is 3.33. The Labute approximate surface area is 149 Å². The van der Waals surface area contributed by atoms with Crippen molar-refractivity contribution >= 4 is 12.1 Å². The number of hydrogen-bond donors (Lipinski definition) is 0. The van der Waals surface area contributed by atoms with E-state index in [1.807, 2.05) is 6.08 Å². The van der Waals surface area contributed by atoms with Crippen LogP contribution in [-0.2, 0) is 14.3 Å². The van der Waals surface area contributed by atoms with Crippen LogP contribution in [0.15, 0.2) is 23.8 Å². The number of epoxide rings is 1. The standard InChI is InChI=1S/C22H28O3/c1-12(11-23)15-6-7-16-14-5-4-13-10-18(24)19-20(25-19)22(13,3)17(14)8-9-21(15,16)2/h4-5,10-12,14-17,19-20H,6-9H2,1-3H3/t12?,14-,15+,16-,17-,19-,20-,21+,22-/m0/s1. The van der Waals surface area contributed by atoms with Gasteiger partial charge in [0.05, 0.1) is 0 Å². The Morgan fingerprint density at radius 1 is 1.24 bits per heavy atom. The molecular formula is C22H28O3. The summed E-state index contributed by atoms with van der Waals surface area (Å²) in [4.78, 5) is 23.5. The third-order valence-corrected chi connectivity index (χ3v) is 8.81. The van der Waals surface area contributed by atoms with Crippen LogP contribution < -0.4 is 0 Å². The van der Waals surface area contributed by atoms with Crippen molar-refractivity contribution in [1.82, 2.24) is 0 Å². The van der Waals surface area contributed by atoms with Crippen LogP contribution in [0.5, 0.6) is 0 Å². The van der Waals surface area contributed by atoms with E-state index in [4.69, 9.17) is 4.74 Å². The smallest absolute Gasteiger partial charge is 0.187 e. The molecule has 0 aromatic heterocycles. The number of aldehydes is 1. The summed E-state index contributed by atoms with van der Waals surface area (Å²) in [6.07, 6.45) is 12.3. The predicted molar refractivity (Wildman–Crippen MR) is 94.8 cm³/mol. The van der Waals surface area contributed by atoms with Gasteiger partial charge in [0.1, 0.15) is 18.5 Å². The first-order valence-electron chi connectivity index (χ1n) is 9.96. The monoisotopic (exact) mass is 340 g/mol. The van der Waals surface area contributed by atoms with E-state index in [1.54, 1.807) is 0 Å². The second-order valence-electron chi connectivity index (χ2n) is 9.64. The SMILES string of the molecule is CC(C=O)[C@H]1CC[C@H]2[C@@H]3C=CC4=CC(=O)[C@@H]5O[C@@H]5[C@]4(C)[C@H]3CC[C@]12C. The molecule has 0 aromatic carbocycles. The summed E-state index contributed by atoms with van der Waals surface area (Å²) in [7, 11) is 0. The molecule has 1 saturated heterocycles. The summed E-state index contributed by atoms with van der Waals surface area (Å²) in [5.41, 5.74) is 1.46. The van der Waals surface area contributed by atoms with Gasteiger partial charge in [0.25, 0.3) is 0 Å². The van der Waals surface area contributed by atoms with Crippen molar-refractivity contribution in [2.45, 2.75) is 58.7 Å². The normalized spacial score (nSPS) is 53.9. The van der Waals surface area contributed by atoms with Crippen molar-refractivity contribution in [1.29, 1.82) is 0 Å². The number of ether oxygens (including phenoxy) is 1. The zero-order chi connectivity index (χ0) is 17.6. The Hall–Kier alpha value is -1.22. The molecule has 0 radical (unpaired) electrons. The maximum absolute atomic E-state index is 12.1. The predicted octanol–water partition coefficient (Wildman–Crippen LogP) is 3.73. The van der Waals surface area contributed by atoms with Crippen LogP contribution in [0.2, 0.25) is 0 Å². The first kappa shape index (κ1) is 16.0. The molecule has 3 fully saturated rings. The molecule has 0 spiro atoms. The number of allylic oxidation sites excluding steroid dienone is 2. The molecule has 0 bridgehead atoms. The molecule has 1 unspecified atom stereocenters. The van der Waals surface area contributed by atoms with Crippen LogP contribution in [0.25, 0.3) is 0 Å². The summed E-state index contributed by atoms with van der Waals surface area (Å²) in [6, 6.07) is 0. The molecule has 1 heterocycles. The molecule has 0 aromatic rings.